The van der Waals surface area contributed by atoms with E-state index in [9.17, 15) is 19.4 Å². The summed E-state index contributed by atoms with van der Waals surface area (Å²) in [4.78, 5) is 23.4. The van der Waals surface area contributed by atoms with Crippen LogP contribution in [0.4, 0.5) is 0 Å². The summed E-state index contributed by atoms with van der Waals surface area (Å²) in [6.45, 7) is 1.87. The predicted molar refractivity (Wildman–Crippen MR) is 137 cm³/mol. The van der Waals surface area contributed by atoms with Gasteiger partial charge >= 0.3 is 13.8 Å². The molecule has 0 aromatic heterocycles. The number of nitrogens with zero attached hydrogens (tertiary/aromatic N) is 1. The first-order valence-corrected chi connectivity index (χ1v) is 14.9. The molecule has 0 rings (SSSR count). The molecule has 0 heterocycles. The molecule has 0 fully saturated rings. The molecular formula is C25H52NO7P. The van der Waals surface area contributed by atoms with E-state index in [4.69, 9.17) is 13.8 Å². The Morgan fingerprint density at radius 1 is 0.824 bits per heavy atom. The molecule has 0 bridgehead atoms. The van der Waals surface area contributed by atoms with E-state index in [2.05, 4.69) is 6.92 Å². The van der Waals surface area contributed by atoms with Crippen molar-refractivity contribution in [1.82, 2.24) is 4.90 Å². The molecule has 0 amide bonds. The van der Waals surface area contributed by atoms with Crippen LogP contribution in [0.3, 0.4) is 0 Å². The number of carbonyl (C=O) groups is 1. The van der Waals surface area contributed by atoms with Crippen LogP contribution in [-0.2, 0) is 23.1 Å². The Morgan fingerprint density at radius 2 is 1.29 bits per heavy atom. The summed E-state index contributed by atoms with van der Waals surface area (Å²) in [6.07, 6.45) is 18.1. The zero-order chi connectivity index (χ0) is 25.5. The van der Waals surface area contributed by atoms with Gasteiger partial charge in [0.1, 0.15) is 6.10 Å². The first-order chi connectivity index (χ1) is 16.3. The van der Waals surface area contributed by atoms with Crippen molar-refractivity contribution in [3.63, 3.8) is 0 Å². The summed E-state index contributed by atoms with van der Waals surface area (Å²) in [6, 6.07) is 0. The lowest BCUT2D eigenvalue weighted by molar-refractivity contribution is -0.153. The Balaban J connectivity index is 3.63. The third-order valence-electron chi connectivity index (χ3n) is 5.70. The second-order valence-corrected chi connectivity index (χ2v) is 10.8. The van der Waals surface area contributed by atoms with Crippen LogP contribution in [0.1, 0.15) is 110 Å². The van der Waals surface area contributed by atoms with E-state index in [1.54, 1.807) is 4.90 Å². The summed E-state index contributed by atoms with van der Waals surface area (Å²) in [5.74, 6) is -0.432. The summed E-state index contributed by atoms with van der Waals surface area (Å²) >= 11 is 0. The molecule has 8 nitrogen and oxygen atoms in total. The van der Waals surface area contributed by atoms with Crippen LogP contribution in [0.25, 0.3) is 0 Å². The van der Waals surface area contributed by atoms with Crippen LogP contribution < -0.4 is 0 Å². The summed E-state index contributed by atoms with van der Waals surface area (Å²) in [5.41, 5.74) is 0. The van der Waals surface area contributed by atoms with E-state index >= 15 is 0 Å². The number of likely N-dealkylation sites (N-methyl/N-ethyl adjacent to an activating group) is 1. The minimum Gasteiger partial charge on any atom is -0.457 e. The number of rotatable bonds is 25. The highest BCUT2D eigenvalue weighted by Gasteiger charge is 2.24. The molecule has 204 valence electrons. The molecular weight excluding hydrogens is 457 g/mol. The lowest BCUT2D eigenvalue weighted by Gasteiger charge is -2.18. The van der Waals surface area contributed by atoms with Crippen molar-refractivity contribution < 1.29 is 33.1 Å². The van der Waals surface area contributed by atoms with E-state index in [-0.39, 0.29) is 13.0 Å². The Hall–Kier alpha value is -0.500. The number of aliphatic hydroxyl groups excluding tert-OH is 1. The molecule has 0 saturated carbocycles. The second-order valence-electron chi connectivity index (χ2n) is 9.40. The van der Waals surface area contributed by atoms with Crippen molar-refractivity contribution in [2.24, 2.45) is 0 Å². The first kappa shape index (κ1) is 33.5. The van der Waals surface area contributed by atoms with Gasteiger partial charge in [-0.25, -0.2) is 4.57 Å². The van der Waals surface area contributed by atoms with Crippen molar-refractivity contribution in [3.8, 4) is 0 Å². The molecule has 0 aliphatic heterocycles. The molecule has 0 spiro atoms. The summed E-state index contributed by atoms with van der Waals surface area (Å²) < 4.78 is 26.6. The molecule has 0 aromatic carbocycles. The highest BCUT2D eigenvalue weighted by molar-refractivity contribution is 7.47. The fourth-order valence-electron chi connectivity index (χ4n) is 3.56. The third-order valence-corrected chi connectivity index (χ3v) is 6.69. The number of hydrogen-bond donors (Lipinski definition) is 2. The van der Waals surface area contributed by atoms with Crippen molar-refractivity contribution in [3.05, 3.63) is 0 Å². The minimum absolute atomic E-state index is 0.0313. The molecule has 0 radical (unpaired) electrons. The molecule has 1 unspecified atom stereocenters. The van der Waals surface area contributed by atoms with Gasteiger partial charge in [0.25, 0.3) is 0 Å². The second kappa shape index (κ2) is 22.9. The zero-order valence-electron chi connectivity index (χ0n) is 22.0. The molecule has 0 saturated heterocycles. The average molecular weight is 510 g/mol. The van der Waals surface area contributed by atoms with Gasteiger partial charge in [0.15, 0.2) is 0 Å². The molecule has 2 N–H and O–H groups in total. The van der Waals surface area contributed by atoms with Gasteiger partial charge < -0.3 is 19.6 Å². The van der Waals surface area contributed by atoms with Crippen molar-refractivity contribution in [1.29, 1.82) is 0 Å². The standard InChI is InChI=1S/C25H52NO7P/c1-4-5-6-7-8-9-10-11-12-13-14-15-16-17-18-19-25(28)33-24(22-27)23-32-34(29,30)31-21-20-26(2)3/h24,27H,4-23H2,1-3H3,(H,29,30)/t24-/m1/s1. The van der Waals surface area contributed by atoms with Gasteiger partial charge in [-0.15, -0.1) is 0 Å². The highest BCUT2D eigenvalue weighted by atomic mass is 31.2. The average Bonchev–Trinajstić information content (AvgIpc) is 2.78. The zero-order valence-corrected chi connectivity index (χ0v) is 22.9. The van der Waals surface area contributed by atoms with Crippen LogP contribution in [0.2, 0.25) is 0 Å². The minimum atomic E-state index is -4.24. The van der Waals surface area contributed by atoms with E-state index in [1.165, 1.54) is 77.0 Å². The van der Waals surface area contributed by atoms with Gasteiger partial charge in [0.2, 0.25) is 0 Å². The Morgan fingerprint density at radius 3 is 1.74 bits per heavy atom. The number of esters is 1. The maximum Gasteiger partial charge on any atom is 0.472 e. The molecule has 34 heavy (non-hydrogen) atoms. The maximum atomic E-state index is 12.0. The summed E-state index contributed by atoms with van der Waals surface area (Å²) in [7, 11) is -0.618. The molecule has 9 heteroatoms. The van der Waals surface area contributed by atoms with Crippen LogP contribution in [0.15, 0.2) is 0 Å². The van der Waals surface area contributed by atoms with Crippen LogP contribution in [0.5, 0.6) is 0 Å². The number of aliphatic hydroxyl groups is 1. The Labute approximate surface area is 208 Å². The first-order valence-electron chi connectivity index (χ1n) is 13.4. The van der Waals surface area contributed by atoms with E-state index in [1.807, 2.05) is 14.1 Å². The fraction of sp³-hybridized carbons (Fsp3) is 0.960. The van der Waals surface area contributed by atoms with Gasteiger partial charge in [0, 0.05) is 13.0 Å². The maximum absolute atomic E-state index is 12.0. The number of hydrogen-bond acceptors (Lipinski definition) is 7. The van der Waals surface area contributed by atoms with Gasteiger partial charge in [-0.1, -0.05) is 96.8 Å². The number of phosphoric ester groups is 1. The largest absolute Gasteiger partial charge is 0.472 e. The Bertz CT molecular complexity index is 519. The van der Waals surface area contributed by atoms with E-state index in [0.717, 1.165) is 19.3 Å². The fourth-order valence-corrected chi connectivity index (χ4v) is 4.30. The number of carbonyl (C=O) groups excluding carboxylic acids is 1. The van der Waals surface area contributed by atoms with Crippen LogP contribution >= 0.6 is 7.82 Å². The van der Waals surface area contributed by atoms with Gasteiger partial charge in [-0.3, -0.25) is 13.8 Å². The topological polar surface area (TPSA) is 106 Å². The quantitative estimate of drug-likeness (QED) is 0.0897. The van der Waals surface area contributed by atoms with Crippen LogP contribution in [0, 0.1) is 0 Å². The molecule has 0 aliphatic carbocycles. The smallest absolute Gasteiger partial charge is 0.457 e. The SMILES string of the molecule is CCCCCCCCCCCCCCCCCC(=O)O[C@H](CO)COP(=O)(O)OCCN(C)C. The molecule has 2 atom stereocenters. The van der Waals surface area contributed by atoms with E-state index < -0.39 is 33.1 Å². The lowest BCUT2D eigenvalue weighted by Crippen LogP contribution is -2.27. The predicted octanol–water partition coefficient (Wildman–Crippen LogP) is 5.85. The van der Waals surface area contributed by atoms with Crippen molar-refractivity contribution in [2.45, 2.75) is 116 Å². The monoisotopic (exact) mass is 509 g/mol. The highest BCUT2D eigenvalue weighted by Crippen LogP contribution is 2.43. The van der Waals surface area contributed by atoms with Crippen LogP contribution in [-0.4, -0.2) is 67.4 Å². The number of phosphoric acid groups is 1. The van der Waals surface area contributed by atoms with Gasteiger partial charge in [0.05, 0.1) is 19.8 Å². The normalized spacial score (nSPS) is 14.3. The third kappa shape index (κ3) is 23.3. The molecule has 0 aliphatic rings. The molecule has 0 aromatic rings. The van der Waals surface area contributed by atoms with Gasteiger partial charge in [-0.05, 0) is 20.5 Å². The van der Waals surface area contributed by atoms with Gasteiger partial charge in [-0.2, -0.15) is 0 Å². The summed E-state index contributed by atoms with van der Waals surface area (Å²) in [5, 5.41) is 9.35. The van der Waals surface area contributed by atoms with Crippen molar-refractivity contribution in [2.75, 3.05) is 40.5 Å². The van der Waals surface area contributed by atoms with Crippen molar-refractivity contribution >= 4 is 13.8 Å². The number of unbranched alkanes of at least 4 members (excludes halogenated alkanes) is 14. The van der Waals surface area contributed by atoms with E-state index in [0.29, 0.717) is 6.54 Å². The Kier molecular flexibility index (Phi) is 22.6. The number of ether oxygens (including phenoxy) is 1. The lowest BCUT2D eigenvalue weighted by atomic mass is 10.0.